The number of amides is 2. The zero-order chi connectivity index (χ0) is 22.8. The summed E-state index contributed by atoms with van der Waals surface area (Å²) in [5.74, 6) is 0.855. The van der Waals surface area contributed by atoms with Gasteiger partial charge in [-0.3, -0.25) is 9.59 Å². The average Bonchev–Trinajstić information content (AvgIpc) is 3.34. The molecule has 1 aliphatic rings. The maximum absolute atomic E-state index is 13.3. The molecule has 0 bridgehead atoms. The highest BCUT2D eigenvalue weighted by atomic mass is 16.3. The Hall–Kier alpha value is -2.50. The van der Waals surface area contributed by atoms with Gasteiger partial charge in [0.05, 0.1) is 19.4 Å². The van der Waals surface area contributed by atoms with Crippen LogP contribution in [0.1, 0.15) is 82.6 Å². The molecule has 1 aliphatic carbocycles. The first kappa shape index (κ1) is 24.1. The predicted octanol–water partition coefficient (Wildman–Crippen LogP) is 5.28. The molecule has 3 rings (SSSR count). The summed E-state index contributed by atoms with van der Waals surface area (Å²) < 4.78 is 7.52. The van der Waals surface area contributed by atoms with Gasteiger partial charge in [0.1, 0.15) is 12.3 Å². The van der Waals surface area contributed by atoms with Gasteiger partial charge in [0.2, 0.25) is 11.8 Å². The van der Waals surface area contributed by atoms with Crippen molar-refractivity contribution < 1.29 is 14.0 Å². The molecule has 0 saturated heterocycles. The summed E-state index contributed by atoms with van der Waals surface area (Å²) in [5, 5.41) is 0. The lowest BCUT2D eigenvalue weighted by Crippen LogP contribution is -2.43. The zero-order valence-corrected chi connectivity index (χ0v) is 19.8. The first-order valence-corrected chi connectivity index (χ1v) is 12.3. The molecule has 32 heavy (non-hydrogen) atoms. The molecule has 0 aliphatic heterocycles. The van der Waals surface area contributed by atoms with Gasteiger partial charge >= 0.3 is 0 Å². The topological polar surface area (TPSA) is 58.7 Å². The summed E-state index contributed by atoms with van der Waals surface area (Å²) >= 11 is 0. The van der Waals surface area contributed by atoms with Crippen LogP contribution >= 0.6 is 0 Å². The molecule has 1 saturated carbocycles. The Morgan fingerprint density at radius 3 is 2.38 bits per heavy atom. The van der Waals surface area contributed by atoms with Crippen molar-refractivity contribution in [1.29, 1.82) is 0 Å². The van der Waals surface area contributed by atoms with E-state index in [1.54, 1.807) is 11.2 Å². The van der Waals surface area contributed by atoms with E-state index in [4.69, 9.17) is 4.42 Å². The minimum absolute atomic E-state index is 0.0255. The van der Waals surface area contributed by atoms with Crippen LogP contribution in [0.15, 0.2) is 41.1 Å². The number of aromatic nitrogens is 1. The zero-order valence-electron chi connectivity index (χ0n) is 19.8. The quantitative estimate of drug-likeness (QED) is 0.353. The number of aryl methyl sites for hydroxylation is 1. The van der Waals surface area contributed by atoms with E-state index in [-0.39, 0.29) is 24.4 Å². The molecule has 176 valence electrons. The smallest absolute Gasteiger partial charge is 0.242 e. The second kappa shape index (κ2) is 12.5. The van der Waals surface area contributed by atoms with Gasteiger partial charge in [-0.1, -0.05) is 45.4 Å². The number of carbonyl (C=O) groups is 2. The van der Waals surface area contributed by atoms with Gasteiger partial charge in [-0.2, -0.15) is 0 Å². The number of rotatable bonds is 15. The summed E-state index contributed by atoms with van der Waals surface area (Å²) in [5.41, 5.74) is 1.05. The van der Waals surface area contributed by atoms with E-state index in [9.17, 15) is 9.59 Å². The lowest BCUT2D eigenvalue weighted by molar-refractivity contribution is -0.142. The second-order valence-corrected chi connectivity index (χ2v) is 9.06. The van der Waals surface area contributed by atoms with E-state index in [1.165, 1.54) is 32.1 Å². The molecule has 1 fully saturated rings. The van der Waals surface area contributed by atoms with Crippen LogP contribution in [0, 0.1) is 0 Å². The Kier molecular flexibility index (Phi) is 9.44. The van der Waals surface area contributed by atoms with Crippen LogP contribution < -0.4 is 0 Å². The minimum Gasteiger partial charge on any atom is -0.467 e. The van der Waals surface area contributed by atoms with Gasteiger partial charge in [-0.25, -0.2) is 0 Å². The molecule has 0 unspecified atom stereocenters. The fraction of sp³-hybridized carbons (Fsp3) is 0.615. The number of hydrogen-bond acceptors (Lipinski definition) is 3. The molecular weight excluding hydrogens is 402 g/mol. The fourth-order valence-corrected chi connectivity index (χ4v) is 4.11. The van der Waals surface area contributed by atoms with Crippen LogP contribution in [-0.2, 0) is 29.7 Å². The largest absolute Gasteiger partial charge is 0.467 e. The van der Waals surface area contributed by atoms with E-state index in [0.29, 0.717) is 19.5 Å². The third-order valence-electron chi connectivity index (χ3n) is 6.29. The third kappa shape index (κ3) is 7.57. The minimum atomic E-state index is -0.0255. The molecule has 2 heterocycles. The molecule has 0 atom stereocenters. The molecule has 0 aromatic carbocycles. The monoisotopic (exact) mass is 441 g/mol. The summed E-state index contributed by atoms with van der Waals surface area (Å²) in [6.07, 6.45) is 14.5. The van der Waals surface area contributed by atoms with Crippen molar-refractivity contribution in [1.82, 2.24) is 14.4 Å². The van der Waals surface area contributed by atoms with Crippen molar-refractivity contribution in [3.8, 4) is 0 Å². The van der Waals surface area contributed by atoms with Crippen LogP contribution in [0.4, 0.5) is 0 Å². The maximum atomic E-state index is 13.3. The molecule has 0 spiro atoms. The lowest BCUT2D eigenvalue weighted by atomic mass is 10.1. The molecule has 0 N–H and O–H groups in total. The van der Waals surface area contributed by atoms with E-state index >= 15 is 0 Å². The summed E-state index contributed by atoms with van der Waals surface area (Å²) in [6.45, 7) is 3.28. The van der Waals surface area contributed by atoms with E-state index in [2.05, 4.69) is 6.92 Å². The summed E-state index contributed by atoms with van der Waals surface area (Å²) in [7, 11) is 1.98. The van der Waals surface area contributed by atoms with Crippen molar-refractivity contribution in [2.75, 3.05) is 6.54 Å². The van der Waals surface area contributed by atoms with Crippen LogP contribution in [0.5, 0.6) is 0 Å². The van der Waals surface area contributed by atoms with Crippen molar-refractivity contribution in [2.24, 2.45) is 7.05 Å². The molecule has 6 heteroatoms. The van der Waals surface area contributed by atoms with Gasteiger partial charge in [0.25, 0.3) is 0 Å². The van der Waals surface area contributed by atoms with Crippen molar-refractivity contribution in [3.63, 3.8) is 0 Å². The number of hydrogen-bond donors (Lipinski definition) is 0. The standard InChI is InChI=1S/C26H39N3O3/c1-3-4-5-6-7-8-9-14-25(30)29(22-15-16-22)21-26(31)28(20-24-13-11-18-32-24)19-23-12-10-17-27(23)2/h10-13,17-18,22H,3-9,14-16,19-21H2,1-2H3. The van der Waals surface area contributed by atoms with Gasteiger partial charge in [-0.15, -0.1) is 0 Å². The molecule has 6 nitrogen and oxygen atoms in total. The van der Waals surface area contributed by atoms with E-state index in [0.717, 1.165) is 37.1 Å². The number of unbranched alkanes of at least 4 members (excludes halogenated alkanes) is 6. The van der Waals surface area contributed by atoms with Crippen molar-refractivity contribution in [3.05, 3.63) is 48.2 Å². The Balaban J connectivity index is 1.54. The Bertz CT molecular complexity index is 823. The van der Waals surface area contributed by atoms with Gasteiger partial charge < -0.3 is 18.8 Å². The highest BCUT2D eigenvalue weighted by molar-refractivity contribution is 5.85. The second-order valence-electron chi connectivity index (χ2n) is 9.06. The highest BCUT2D eigenvalue weighted by Gasteiger charge is 2.34. The molecule has 2 amide bonds. The Morgan fingerprint density at radius 1 is 1.00 bits per heavy atom. The first-order valence-electron chi connectivity index (χ1n) is 12.3. The normalized spacial score (nSPS) is 13.3. The first-order chi connectivity index (χ1) is 15.6. The van der Waals surface area contributed by atoms with E-state index in [1.807, 2.05) is 47.0 Å². The summed E-state index contributed by atoms with van der Waals surface area (Å²) in [6, 6.07) is 7.95. The molecule has 0 radical (unpaired) electrons. The predicted molar refractivity (Wildman–Crippen MR) is 126 cm³/mol. The highest BCUT2D eigenvalue weighted by Crippen LogP contribution is 2.28. The van der Waals surface area contributed by atoms with Gasteiger partial charge in [-0.05, 0) is 43.5 Å². The molecule has 2 aromatic heterocycles. The number of nitrogens with zero attached hydrogens (tertiary/aromatic N) is 3. The lowest BCUT2D eigenvalue weighted by Gasteiger charge is -2.27. The van der Waals surface area contributed by atoms with Crippen LogP contribution in [0.25, 0.3) is 0 Å². The Morgan fingerprint density at radius 2 is 1.75 bits per heavy atom. The van der Waals surface area contributed by atoms with E-state index < -0.39 is 0 Å². The van der Waals surface area contributed by atoms with Crippen molar-refractivity contribution >= 4 is 11.8 Å². The number of carbonyl (C=O) groups excluding carboxylic acids is 2. The summed E-state index contributed by atoms with van der Waals surface area (Å²) in [4.78, 5) is 29.9. The molecule has 2 aromatic rings. The SMILES string of the molecule is CCCCCCCCCC(=O)N(CC(=O)N(Cc1ccco1)Cc1cccn1C)C1CC1. The van der Waals surface area contributed by atoms with Crippen LogP contribution in [0.3, 0.4) is 0 Å². The van der Waals surface area contributed by atoms with Crippen LogP contribution in [-0.4, -0.2) is 38.8 Å². The average molecular weight is 442 g/mol. The fourth-order valence-electron chi connectivity index (χ4n) is 4.11. The number of furan rings is 1. The Labute approximate surface area is 192 Å². The van der Waals surface area contributed by atoms with Crippen LogP contribution in [0.2, 0.25) is 0 Å². The maximum Gasteiger partial charge on any atom is 0.242 e. The van der Waals surface area contributed by atoms with Crippen molar-refractivity contribution in [2.45, 2.75) is 90.3 Å². The third-order valence-corrected chi connectivity index (χ3v) is 6.29. The molecular formula is C26H39N3O3. The van der Waals surface area contributed by atoms with Gasteiger partial charge in [0, 0.05) is 31.4 Å². The van der Waals surface area contributed by atoms with Gasteiger partial charge in [0.15, 0.2) is 0 Å².